The molecule has 3 heteroatoms. The highest BCUT2D eigenvalue weighted by Crippen LogP contribution is 2.23. The van der Waals surface area contributed by atoms with Gasteiger partial charge in [0.05, 0.1) is 6.61 Å². The fourth-order valence-electron chi connectivity index (χ4n) is 1.56. The van der Waals surface area contributed by atoms with Crippen molar-refractivity contribution in [3.63, 3.8) is 0 Å². The normalized spacial score (nSPS) is 10.4. The van der Waals surface area contributed by atoms with Crippen LogP contribution in [-0.2, 0) is 11.4 Å². The topological polar surface area (TPSA) is 38.5 Å². The first-order valence-corrected chi connectivity index (χ1v) is 4.65. The van der Waals surface area contributed by atoms with Crippen LogP contribution in [0.5, 0.6) is 0 Å². The average molecular weight is 194 g/mol. The van der Waals surface area contributed by atoms with E-state index in [0.29, 0.717) is 6.61 Å². The Labute approximate surface area is 85.4 Å². The van der Waals surface area contributed by atoms with E-state index in [1.165, 1.54) is 16.8 Å². The second kappa shape index (κ2) is 4.44. The largest absolute Gasteiger partial charge is 0.377 e. The predicted molar refractivity (Wildman–Crippen MR) is 59.2 cm³/mol. The van der Waals surface area contributed by atoms with Crippen LogP contribution in [0.25, 0.3) is 0 Å². The van der Waals surface area contributed by atoms with Gasteiger partial charge in [-0.05, 0) is 36.6 Å². The molecule has 1 rings (SSSR count). The minimum Gasteiger partial charge on any atom is -0.377 e. The van der Waals surface area contributed by atoms with E-state index >= 15 is 0 Å². The van der Waals surface area contributed by atoms with Crippen LogP contribution in [0.3, 0.4) is 0 Å². The van der Waals surface area contributed by atoms with Gasteiger partial charge in [0.15, 0.2) is 0 Å². The Hall–Kier alpha value is -1.06. The zero-order valence-corrected chi connectivity index (χ0v) is 9.29. The first-order chi connectivity index (χ1) is 6.56. The molecule has 0 saturated carbocycles. The van der Waals surface area contributed by atoms with Crippen molar-refractivity contribution in [3.8, 4) is 0 Å². The third kappa shape index (κ3) is 2.25. The molecule has 0 radical (unpaired) electrons. The van der Waals surface area contributed by atoms with Gasteiger partial charge in [-0.3, -0.25) is 4.84 Å². The Morgan fingerprint density at radius 2 is 1.93 bits per heavy atom. The van der Waals surface area contributed by atoms with Gasteiger partial charge in [0, 0.05) is 19.8 Å². The first kappa shape index (κ1) is 11.0. The Morgan fingerprint density at radius 1 is 1.29 bits per heavy atom. The Balaban J connectivity index is 3.14. The molecule has 0 saturated heterocycles. The van der Waals surface area contributed by atoms with Gasteiger partial charge in [0.1, 0.15) is 0 Å². The molecule has 0 aliphatic carbocycles. The van der Waals surface area contributed by atoms with E-state index < -0.39 is 0 Å². The van der Waals surface area contributed by atoms with Crippen LogP contribution in [0, 0.1) is 13.8 Å². The van der Waals surface area contributed by atoms with Crippen molar-refractivity contribution in [3.05, 3.63) is 28.8 Å². The maximum atomic E-state index is 5.06. The molecule has 0 aliphatic heterocycles. The highest BCUT2D eigenvalue weighted by atomic mass is 16.6. The fraction of sp³-hybridized carbons (Fsp3) is 0.455. The summed E-state index contributed by atoms with van der Waals surface area (Å²) in [5.41, 5.74) is 4.90. The second-order valence-corrected chi connectivity index (χ2v) is 3.76. The van der Waals surface area contributed by atoms with Gasteiger partial charge in [-0.15, -0.1) is 0 Å². The fourth-order valence-corrected chi connectivity index (χ4v) is 1.56. The van der Waals surface area contributed by atoms with Gasteiger partial charge in [-0.2, -0.15) is 0 Å². The number of anilines is 1. The number of nitrogens with two attached hydrogens (primary N) is 1. The van der Waals surface area contributed by atoms with Crippen molar-refractivity contribution in [2.45, 2.75) is 20.5 Å². The molecule has 1 aromatic rings. The molecule has 0 spiro atoms. The van der Waals surface area contributed by atoms with Gasteiger partial charge >= 0.3 is 0 Å². The molecule has 2 N–H and O–H groups in total. The van der Waals surface area contributed by atoms with Crippen LogP contribution < -0.4 is 10.8 Å². The third-order valence-corrected chi connectivity index (χ3v) is 2.43. The molecular formula is C11H18N2O. The van der Waals surface area contributed by atoms with E-state index in [1.54, 1.807) is 0 Å². The second-order valence-electron chi connectivity index (χ2n) is 3.76. The van der Waals surface area contributed by atoms with Crippen molar-refractivity contribution < 1.29 is 4.84 Å². The molecule has 0 aliphatic rings. The lowest BCUT2D eigenvalue weighted by Crippen LogP contribution is -2.12. The van der Waals surface area contributed by atoms with Gasteiger partial charge < -0.3 is 4.90 Å². The molecule has 14 heavy (non-hydrogen) atoms. The number of benzene rings is 1. The van der Waals surface area contributed by atoms with Crippen LogP contribution >= 0.6 is 0 Å². The highest BCUT2D eigenvalue weighted by molar-refractivity contribution is 5.57. The summed E-state index contributed by atoms with van der Waals surface area (Å²) >= 11 is 0. The average Bonchev–Trinajstić information content (AvgIpc) is 2.11. The standard InChI is InChI=1S/C11H18N2O/c1-8-5-10(7-14-12)6-11(9(8)2)13(3)4/h5-6H,7,12H2,1-4H3. The lowest BCUT2D eigenvalue weighted by molar-refractivity contribution is 0.124. The van der Waals surface area contributed by atoms with E-state index in [9.17, 15) is 0 Å². The maximum absolute atomic E-state index is 5.06. The van der Waals surface area contributed by atoms with Crippen LogP contribution in [0.2, 0.25) is 0 Å². The molecule has 0 bridgehead atoms. The summed E-state index contributed by atoms with van der Waals surface area (Å²) in [5, 5.41) is 0. The monoisotopic (exact) mass is 194 g/mol. The number of nitrogens with zero attached hydrogens (tertiary/aromatic N) is 1. The molecule has 0 atom stereocenters. The van der Waals surface area contributed by atoms with E-state index in [2.05, 4.69) is 35.7 Å². The lowest BCUT2D eigenvalue weighted by Gasteiger charge is -2.18. The van der Waals surface area contributed by atoms with Gasteiger partial charge in [-0.25, -0.2) is 5.90 Å². The number of rotatable bonds is 3. The van der Waals surface area contributed by atoms with Crippen LogP contribution in [-0.4, -0.2) is 14.1 Å². The molecule has 78 valence electrons. The molecule has 0 unspecified atom stereocenters. The smallest absolute Gasteiger partial charge is 0.0930 e. The minimum absolute atomic E-state index is 0.460. The van der Waals surface area contributed by atoms with E-state index in [4.69, 9.17) is 5.90 Å². The van der Waals surface area contributed by atoms with Gasteiger partial charge in [-0.1, -0.05) is 6.07 Å². The summed E-state index contributed by atoms with van der Waals surface area (Å²) in [7, 11) is 4.07. The van der Waals surface area contributed by atoms with E-state index in [-0.39, 0.29) is 0 Å². The van der Waals surface area contributed by atoms with Crippen LogP contribution in [0.1, 0.15) is 16.7 Å². The Kier molecular flexibility index (Phi) is 3.49. The third-order valence-electron chi connectivity index (χ3n) is 2.43. The Bertz CT molecular complexity index is 321. The summed E-state index contributed by atoms with van der Waals surface area (Å²) in [4.78, 5) is 6.74. The van der Waals surface area contributed by atoms with Crippen LogP contribution in [0.15, 0.2) is 12.1 Å². The van der Waals surface area contributed by atoms with Crippen molar-refractivity contribution in [1.82, 2.24) is 0 Å². The van der Waals surface area contributed by atoms with Gasteiger partial charge in [0.2, 0.25) is 0 Å². The van der Waals surface area contributed by atoms with Crippen LogP contribution in [0.4, 0.5) is 5.69 Å². The minimum atomic E-state index is 0.460. The molecule has 3 nitrogen and oxygen atoms in total. The summed E-state index contributed by atoms with van der Waals surface area (Å²) in [6.45, 7) is 4.68. The SMILES string of the molecule is Cc1cc(CON)cc(N(C)C)c1C. The summed E-state index contributed by atoms with van der Waals surface area (Å²) in [6, 6.07) is 4.21. The van der Waals surface area contributed by atoms with Crippen molar-refractivity contribution in [2.24, 2.45) is 5.90 Å². The maximum Gasteiger partial charge on any atom is 0.0930 e. The highest BCUT2D eigenvalue weighted by Gasteiger charge is 2.05. The molecule has 1 aromatic carbocycles. The quantitative estimate of drug-likeness (QED) is 0.745. The summed E-state index contributed by atoms with van der Waals surface area (Å²) < 4.78 is 0. The Morgan fingerprint density at radius 3 is 2.43 bits per heavy atom. The molecular weight excluding hydrogens is 176 g/mol. The van der Waals surface area contributed by atoms with Crippen molar-refractivity contribution >= 4 is 5.69 Å². The van der Waals surface area contributed by atoms with Gasteiger partial charge in [0.25, 0.3) is 0 Å². The van der Waals surface area contributed by atoms with E-state index in [1.807, 2.05) is 14.1 Å². The first-order valence-electron chi connectivity index (χ1n) is 4.65. The number of hydrogen-bond acceptors (Lipinski definition) is 3. The molecule has 0 aromatic heterocycles. The molecule has 0 amide bonds. The lowest BCUT2D eigenvalue weighted by atomic mass is 10.0. The zero-order chi connectivity index (χ0) is 10.7. The van der Waals surface area contributed by atoms with Crippen molar-refractivity contribution in [2.75, 3.05) is 19.0 Å². The number of hydrogen-bond donors (Lipinski definition) is 1. The zero-order valence-electron chi connectivity index (χ0n) is 9.29. The van der Waals surface area contributed by atoms with Crippen molar-refractivity contribution in [1.29, 1.82) is 0 Å². The number of aryl methyl sites for hydroxylation is 1. The molecule has 0 fully saturated rings. The van der Waals surface area contributed by atoms with E-state index in [0.717, 1.165) is 5.56 Å². The summed E-state index contributed by atoms with van der Waals surface area (Å²) in [6.07, 6.45) is 0. The molecule has 0 heterocycles. The predicted octanol–water partition coefficient (Wildman–Crippen LogP) is 1.76. The summed E-state index contributed by atoms with van der Waals surface area (Å²) in [5.74, 6) is 5.06.